The largest absolute Gasteiger partial charge is 0.465 e. The number of benzene rings is 1. The first-order chi connectivity index (χ1) is 9.29. The van der Waals surface area contributed by atoms with Crippen molar-refractivity contribution in [1.82, 2.24) is 0 Å². The minimum Gasteiger partial charge on any atom is -0.465 e. The Morgan fingerprint density at radius 2 is 1.65 bits per heavy atom. The van der Waals surface area contributed by atoms with Crippen LogP contribution in [0.2, 0.25) is 0 Å². The second-order valence-corrected chi connectivity index (χ2v) is 5.83. The van der Waals surface area contributed by atoms with Gasteiger partial charge in [0.15, 0.2) is 0 Å². The highest BCUT2D eigenvalue weighted by Gasteiger charge is 2.27. The summed E-state index contributed by atoms with van der Waals surface area (Å²) in [5.74, 6) is 0.982. The Hall–Kier alpha value is -2.03. The van der Waals surface area contributed by atoms with Crippen molar-refractivity contribution < 1.29 is 13.9 Å². The molecule has 0 amide bonds. The molecule has 2 aromatic rings. The monoisotopic (exact) mass is 272 g/mol. The van der Waals surface area contributed by atoms with E-state index in [1.165, 1.54) is 0 Å². The molecule has 0 N–H and O–H groups in total. The summed E-state index contributed by atoms with van der Waals surface area (Å²) in [6.07, 6.45) is 0. The fourth-order valence-corrected chi connectivity index (χ4v) is 2.21. The highest BCUT2D eigenvalue weighted by atomic mass is 16.6. The molecule has 106 valence electrons. The Balaban J connectivity index is 2.52. The average Bonchev–Trinajstić information content (AvgIpc) is 2.63. The van der Waals surface area contributed by atoms with E-state index in [0.29, 0.717) is 11.3 Å². The van der Waals surface area contributed by atoms with Crippen LogP contribution in [0.15, 0.2) is 34.7 Å². The molecule has 0 saturated heterocycles. The van der Waals surface area contributed by atoms with E-state index in [9.17, 15) is 4.79 Å². The average molecular weight is 272 g/mol. The molecule has 0 bridgehead atoms. The van der Waals surface area contributed by atoms with Crippen molar-refractivity contribution in [3.8, 4) is 11.1 Å². The van der Waals surface area contributed by atoms with Gasteiger partial charge in [0.25, 0.3) is 0 Å². The molecule has 0 spiro atoms. The van der Waals surface area contributed by atoms with Crippen LogP contribution in [-0.4, -0.2) is 11.6 Å². The zero-order valence-electron chi connectivity index (χ0n) is 12.6. The molecule has 3 heteroatoms. The first kappa shape index (κ1) is 14.4. The van der Waals surface area contributed by atoms with E-state index >= 15 is 0 Å². The number of hydrogen-bond acceptors (Lipinski definition) is 3. The van der Waals surface area contributed by atoms with Crippen LogP contribution in [0.5, 0.6) is 0 Å². The van der Waals surface area contributed by atoms with E-state index in [2.05, 4.69) is 0 Å². The van der Waals surface area contributed by atoms with Gasteiger partial charge in [-0.3, -0.25) is 0 Å². The first-order valence-corrected chi connectivity index (χ1v) is 6.68. The predicted octanol–water partition coefficient (Wildman–Crippen LogP) is 4.52. The van der Waals surface area contributed by atoms with Crippen LogP contribution in [0.25, 0.3) is 11.1 Å². The van der Waals surface area contributed by atoms with Crippen LogP contribution in [0.3, 0.4) is 0 Å². The Kier molecular flexibility index (Phi) is 3.71. The molecule has 3 nitrogen and oxygen atoms in total. The number of aryl methyl sites for hydroxylation is 2. The lowest BCUT2D eigenvalue weighted by Crippen LogP contribution is -2.24. The lowest BCUT2D eigenvalue weighted by atomic mass is 10.0. The van der Waals surface area contributed by atoms with Gasteiger partial charge in [-0.05, 0) is 40.2 Å². The molecule has 0 fully saturated rings. The van der Waals surface area contributed by atoms with E-state index < -0.39 is 5.60 Å². The van der Waals surface area contributed by atoms with Gasteiger partial charge in [-0.25, -0.2) is 4.79 Å². The highest BCUT2D eigenvalue weighted by molar-refractivity contribution is 5.99. The first-order valence-electron chi connectivity index (χ1n) is 6.68. The molecule has 0 aliphatic rings. The van der Waals surface area contributed by atoms with E-state index in [4.69, 9.17) is 9.15 Å². The molecular weight excluding hydrogens is 252 g/mol. The maximum absolute atomic E-state index is 12.4. The molecule has 0 saturated carbocycles. The van der Waals surface area contributed by atoms with Crippen molar-refractivity contribution in [2.24, 2.45) is 0 Å². The zero-order valence-corrected chi connectivity index (χ0v) is 12.6. The van der Waals surface area contributed by atoms with E-state index in [0.717, 1.165) is 16.9 Å². The molecule has 0 aliphatic heterocycles. The van der Waals surface area contributed by atoms with Crippen LogP contribution in [0.1, 0.15) is 42.6 Å². The van der Waals surface area contributed by atoms with Crippen molar-refractivity contribution in [3.63, 3.8) is 0 Å². The van der Waals surface area contributed by atoms with Gasteiger partial charge in [-0.1, -0.05) is 30.3 Å². The van der Waals surface area contributed by atoms with Crippen molar-refractivity contribution >= 4 is 5.97 Å². The molecule has 1 heterocycles. The molecule has 20 heavy (non-hydrogen) atoms. The van der Waals surface area contributed by atoms with Gasteiger partial charge in [0, 0.05) is 5.56 Å². The fraction of sp³-hybridized carbons (Fsp3) is 0.353. The third-order valence-electron chi connectivity index (χ3n) is 2.93. The van der Waals surface area contributed by atoms with Crippen molar-refractivity contribution in [3.05, 3.63) is 47.4 Å². The summed E-state index contributed by atoms with van der Waals surface area (Å²) in [6, 6.07) is 9.75. The minimum absolute atomic E-state index is 0.342. The lowest BCUT2D eigenvalue weighted by molar-refractivity contribution is 0.00687. The third-order valence-corrected chi connectivity index (χ3v) is 2.93. The normalized spacial score (nSPS) is 11.4. The summed E-state index contributed by atoms with van der Waals surface area (Å²) in [5, 5.41) is 0. The molecule has 2 rings (SSSR count). The standard InChI is InChI=1S/C17H20O3/c1-11-14(13-9-7-6-8-10-13)15(12(2)19-11)16(18)20-17(3,4)5/h6-10H,1-5H3. The highest BCUT2D eigenvalue weighted by Crippen LogP contribution is 2.33. The van der Waals surface area contributed by atoms with Crippen molar-refractivity contribution in [1.29, 1.82) is 0 Å². The molecule has 0 unspecified atom stereocenters. The molecule has 0 radical (unpaired) electrons. The molecular formula is C17H20O3. The topological polar surface area (TPSA) is 39.4 Å². The third kappa shape index (κ3) is 2.93. The maximum atomic E-state index is 12.4. The number of rotatable bonds is 2. The smallest absolute Gasteiger partial charge is 0.342 e. The summed E-state index contributed by atoms with van der Waals surface area (Å²) in [7, 11) is 0. The lowest BCUT2D eigenvalue weighted by Gasteiger charge is -2.19. The summed E-state index contributed by atoms with van der Waals surface area (Å²) in [4.78, 5) is 12.4. The van der Waals surface area contributed by atoms with Gasteiger partial charge in [-0.15, -0.1) is 0 Å². The Morgan fingerprint density at radius 3 is 2.20 bits per heavy atom. The second kappa shape index (κ2) is 5.16. The maximum Gasteiger partial charge on any atom is 0.342 e. The second-order valence-electron chi connectivity index (χ2n) is 5.83. The number of esters is 1. The predicted molar refractivity (Wildman–Crippen MR) is 78.8 cm³/mol. The Labute approximate surface area is 119 Å². The Morgan fingerprint density at radius 1 is 1.05 bits per heavy atom. The van der Waals surface area contributed by atoms with Crippen molar-refractivity contribution in [2.45, 2.75) is 40.2 Å². The summed E-state index contributed by atoms with van der Waals surface area (Å²) in [5.41, 5.74) is 1.77. The molecule has 0 aliphatic carbocycles. The minimum atomic E-state index is -0.525. The van der Waals surface area contributed by atoms with Gasteiger partial charge in [0.1, 0.15) is 22.7 Å². The van der Waals surface area contributed by atoms with Crippen molar-refractivity contribution in [2.75, 3.05) is 0 Å². The van der Waals surface area contributed by atoms with Crippen LogP contribution >= 0.6 is 0 Å². The van der Waals surface area contributed by atoms with E-state index in [-0.39, 0.29) is 5.97 Å². The van der Waals surface area contributed by atoms with Crippen LogP contribution in [0.4, 0.5) is 0 Å². The van der Waals surface area contributed by atoms with Crippen LogP contribution in [-0.2, 0) is 4.74 Å². The van der Waals surface area contributed by atoms with E-state index in [1.54, 1.807) is 6.92 Å². The number of carbonyl (C=O) groups is 1. The SMILES string of the molecule is Cc1oc(C)c(-c2ccccc2)c1C(=O)OC(C)(C)C. The summed E-state index contributed by atoms with van der Waals surface area (Å²) in [6.45, 7) is 9.22. The molecule has 1 aromatic heterocycles. The zero-order chi connectivity index (χ0) is 14.9. The van der Waals surface area contributed by atoms with Gasteiger partial charge in [0.05, 0.1) is 0 Å². The van der Waals surface area contributed by atoms with Gasteiger partial charge < -0.3 is 9.15 Å². The molecule has 0 atom stereocenters. The Bertz CT molecular complexity index is 616. The van der Waals surface area contributed by atoms with Crippen LogP contribution in [0, 0.1) is 13.8 Å². The number of hydrogen-bond donors (Lipinski definition) is 0. The fourth-order valence-electron chi connectivity index (χ4n) is 2.21. The number of ether oxygens (including phenoxy) is 1. The summed E-state index contributed by atoms with van der Waals surface area (Å²) < 4.78 is 11.1. The van der Waals surface area contributed by atoms with Gasteiger partial charge in [0.2, 0.25) is 0 Å². The van der Waals surface area contributed by atoms with Crippen LogP contribution < -0.4 is 0 Å². The number of furan rings is 1. The summed E-state index contributed by atoms with van der Waals surface area (Å²) >= 11 is 0. The van der Waals surface area contributed by atoms with Gasteiger partial charge in [-0.2, -0.15) is 0 Å². The molecule has 1 aromatic carbocycles. The quantitative estimate of drug-likeness (QED) is 0.755. The van der Waals surface area contributed by atoms with Gasteiger partial charge >= 0.3 is 5.97 Å². The number of carbonyl (C=O) groups excluding carboxylic acids is 1. The van der Waals surface area contributed by atoms with E-state index in [1.807, 2.05) is 58.0 Å².